The second-order valence-corrected chi connectivity index (χ2v) is 6.59. The van der Waals surface area contributed by atoms with Gasteiger partial charge < -0.3 is 24.4 Å². The molecule has 1 aliphatic rings. The minimum atomic E-state index is -0.450. The number of anilines is 2. The number of hydrogen-bond donors (Lipinski definition) is 1. The fourth-order valence-corrected chi connectivity index (χ4v) is 3.34. The van der Waals surface area contributed by atoms with E-state index in [1.165, 1.54) is 0 Å². The molecule has 1 fully saturated rings. The Morgan fingerprint density at radius 3 is 2.52 bits per heavy atom. The van der Waals surface area contributed by atoms with Gasteiger partial charge in [-0.05, 0) is 38.1 Å². The number of methoxy groups -OCH3 is 1. The summed E-state index contributed by atoms with van der Waals surface area (Å²) >= 11 is 0. The summed E-state index contributed by atoms with van der Waals surface area (Å²) in [6.45, 7) is 5.10. The second kappa shape index (κ2) is 9.32. The van der Waals surface area contributed by atoms with Gasteiger partial charge in [0.2, 0.25) is 11.8 Å². The molecule has 1 heterocycles. The number of nitrogens with one attached hydrogen (secondary N) is 1. The van der Waals surface area contributed by atoms with E-state index in [4.69, 9.17) is 14.2 Å². The first-order valence-electron chi connectivity index (χ1n) is 9.71. The molecule has 0 saturated carbocycles. The summed E-state index contributed by atoms with van der Waals surface area (Å²) in [4.78, 5) is 26.9. The molecule has 0 bridgehead atoms. The summed E-state index contributed by atoms with van der Waals surface area (Å²) in [7, 11) is 1.56. The Bertz CT molecular complexity index is 883. The maximum atomic E-state index is 12.8. The van der Waals surface area contributed by atoms with Crippen molar-refractivity contribution in [2.75, 3.05) is 37.1 Å². The topological polar surface area (TPSA) is 77.1 Å². The average Bonchev–Trinajstić information content (AvgIpc) is 3.12. The molecule has 29 heavy (non-hydrogen) atoms. The normalized spacial score (nSPS) is 15.9. The minimum Gasteiger partial charge on any atom is -0.495 e. The lowest BCUT2D eigenvalue weighted by Gasteiger charge is -2.19. The number of carbonyl (C=O) groups is 2. The molecule has 1 atom stereocenters. The van der Waals surface area contributed by atoms with E-state index in [1.807, 2.05) is 32.0 Å². The van der Waals surface area contributed by atoms with Gasteiger partial charge in [0.1, 0.15) is 5.75 Å². The van der Waals surface area contributed by atoms with Crippen LogP contribution in [-0.2, 0) is 9.59 Å². The highest BCUT2D eigenvalue weighted by molar-refractivity contribution is 6.04. The maximum Gasteiger partial charge on any atom is 0.229 e. The smallest absolute Gasteiger partial charge is 0.229 e. The molecule has 0 aliphatic carbocycles. The number of benzene rings is 2. The van der Waals surface area contributed by atoms with Crippen LogP contribution in [0.5, 0.6) is 17.2 Å². The molecule has 0 radical (unpaired) electrons. The van der Waals surface area contributed by atoms with Gasteiger partial charge in [-0.1, -0.05) is 12.1 Å². The molecule has 2 amide bonds. The van der Waals surface area contributed by atoms with Gasteiger partial charge in [-0.25, -0.2) is 0 Å². The highest BCUT2D eigenvalue weighted by atomic mass is 16.5. The molecule has 7 heteroatoms. The van der Waals surface area contributed by atoms with Crippen molar-refractivity contribution in [1.82, 2.24) is 0 Å². The summed E-state index contributed by atoms with van der Waals surface area (Å²) in [5.74, 6) is 1.05. The number of ether oxygens (including phenoxy) is 3. The van der Waals surface area contributed by atoms with E-state index >= 15 is 0 Å². The van der Waals surface area contributed by atoms with Crippen LogP contribution in [0.4, 0.5) is 11.4 Å². The molecule has 2 aromatic rings. The second-order valence-electron chi connectivity index (χ2n) is 6.59. The third kappa shape index (κ3) is 4.62. The Morgan fingerprint density at radius 2 is 1.79 bits per heavy atom. The Balaban J connectivity index is 1.72. The molecule has 0 spiro atoms. The fourth-order valence-electron chi connectivity index (χ4n) is 3.34. The number of hydrogen-bond acceptors (Lipinski definition) is 5. The van der Waals surface area contributed by atoms with Crippen LogP contribution < -0.4 is 24.4 Å². The molecule has 1 N–H and O–H groups in total. The van der Waals surface area contributed by atoms with E-state index in [-0.39, 0.29) is 18.2 Å². The monoisotopic (exact) mass is 398 g/mol. The summed E-state index contributed by atoms with van der Waals surface area (Å²) in [5, 5.41) is 2.89. The highest BCUT2D eigenvalue weighted by Gasteiger charge is 2.36. The molecule has 2 aromatic carbocycles. The average molecular weight is 398 g/mol. The van der Waals surface area contributed by atoms with E-state index in [0.717, 1.165) is 0 Å². The molecule has 3 rings (SSSR count). The highest BCUT2D eigenvalue weighted by Crippen LogP contribution is 2.34. The van der Waals surface area contributed by atoms with Crippen LogP contribution in [0.1, 0.15) is 20.3 Å². The molecule has 1 aliphatic heterocycles. The Hall–Kier alpha value is -3.22. The third-order valence-electron chi connectivity index (χ3n) is 4.68. The SMILES string of the molecule is CCOc1ccc(NC(=O)C2CC(=O)N(c3ccccc3OC)C2)cc1OCC. The fraction of sp³-hybridized carbons (Fsp3) is 0.364. The van der Waals surface area contributed by atoms with Crippen LogP contribution in [0.3, 0.4) is 0 Å². The molecule has 1 saturated heterocycles. The number of amides is 2. The van der Waals surface area contributed by atoms with Gasteiger partial charge in [-0.3, -0.25) is 9.59 Å². The van der Waals surface area contributed by atoms with E-state index in [0.29, 0.717) is 48.4 Å². The first-order valence-corrected chi connectivity index (χ1v) is 9.71. The van der Waals surface area contributed by atoms with Crippen LogP contribution >= 0.6 is 0 Å². The Kier molecular flexibility index (Phi) is 6.59. The molecular weight excluding hydrogens is 372 g/mol. The quantitative estimate of drug-likeness (QED) is 0.737. The van der Waals surface area contributed by atoms with Gasteiger partial charge in [-0.15, -0.1) is 0 Å². The zero-order valence-corrected chi connectivity index (χ0v) is 16.9. The van der Waals surface area contributed by atoms with E-state index in [9.17, 15) is 9.59 Å². The minimum absolute atomic E-state index is 0.101. The van der Waals surface area contributed by atoms with Crippen molar-refractivity contribution in [3.05, 3.63) is 42.5 Å². The van der Waals surface area contributed by atoms with Gasteiger partial charge in [0.05, 0.1) is 31.9 Å². The molecule has 7 nitrogen and oxygen atoms in total. The van der Waals surface area contributed by atoms with Crippen molar-refractivity contribution < 1.29 is 23.8 Å². The van der Waals surface area contributed by atoms with Crippen molar-refractivity contribution in [3.63, 3.8) is 0 Å². The lowest BCUT2D eigenvalue weighted by Crippen LogP contribution is -2.28. The van der Waals surface area contributed by atoms with Crippen LogP contribution in [0.25, 0.3) is 0 Å². The summed E-state index contributed by atoms with van der Waals surface area (Å²) in [6.07, 6.45) is 0.152. The van der Waals surface area contributed by atoms with E-state index in [2.05, 4.69) is 5.32 Å². The lowest BCUT2D eigenvalue weighted by molar-refractivity contribution is -0.122. The number of rotatable bonds is 8. The zero-order chi connectivity index (χ0) is 20.8. The number of para-hydroxylation sites is 2. The number of carbonyl (C=O) groups excluding carboxylic acids is 2. The van der Waals surface area contributed by atoms with E-state index in [1.54, 1.807) is 36.3 Å². The van der Waals surface area contributed by atoms with Gasteiger partial charge >= 0.3 is 0 Å². The van der Waals surface area contributed by atoms with Crippen LogP contribution in [0, 0.1) is 5.92 Å². The summed E-state index contributed by atoms with van der Waals surface area (Å²) < 4.78 is 16.5. The van der Waals surface area contributed by atoms with Crippen molar-refractivity contribution in [2.45, 2.75) is 20.3 Å². The van der Waals surface area contributed by atoms with Crippen molar-refractivity contribution in [1.29, 1.82) is 0 Å². The largest absolute Gasteiger partial charge is 0.495 e. The lowest BCUT2D eigenvalue weighted by atomic mass is 10.1. The Morgan fingerprint density at radius 1 is 1.07 bits per heavy atom. The predicted octanol–water partition coefficient (Wildman–Crippen LogP) is 3.48. The van der Waals surface area contributed by atoms with Crippen LogP contribution in [0.15, 0.2) is 42.5 Å². The molecule has 0 aromatic heterocycles. The number of nitrogens with zero attached hydrogens (tertiary/aromatic N) is 1. The first-order chi connectivity index (χ1) is 14.1. The third-order valence-corrected chi connectivity index (χ3v) is 4.68. The molecule has 1 unspecified atom stereocenters. The standard InChI is InChI=1S/C22H26N2O5/c1-4-28-19-11-10-16(13-20(19)29-5-2)23-22(26)15-12-21(25)24(14-15)17-8-6-7-9-18(17)27-3/h6-11,13,15H,4-5,12,14H2,1-3H3,(H,23,26). The Labute approximate surface area is 170 Å². The van der Waals surface area contributed by atoms with Crippen molar-refractivity contribution in [2.24, 2.45) is 5.92 Å². The van der Waals surface area contributed by atoms with Gasteiger partial charge in [0.15, 0.2) is 11.5 Å². The van der Waals surface area contributed by atoms with Crippen molar-refractivity contribution >= 4 is 23.2 Å². The van der Waals surface area contributed by atoms with Gasteiger partial charge in [-0.2, -0.15) is 0 Å². The summed E-state index contributed by atoms with van der Waals surface area (Å²) in [6, 6.07) is 12.6. The van der Waals surface area contributed by atoms with Gasteiger partial charge in [0.25, 0.3) is 0 Å². The van der Waals surface area contributed by atoms with Crippen LogP contribution in [-0.4, -0.2) is 38.7 Å². The molecular formula is C22H26N2O5. The molecule has 154 valence electrons. The van der Waals surface area contributed by atoms with Crippen LogP contribution in [0.2, 0.25) is 0 Å². The maximum absolute atomic E-state index is 12.8. The summed E-state index contributed by atoms with van der Waals surface area (Å²) in [5.41, 5.74) is 1.28. The van der Waals surface area contributed by atoms with Gasteiger partial charge in [0, 0.05) is 24.7 Å². The predicted molar refractivity (Wildman–Crippen MR) is 111 cm³/mol. The first kappa shape index (κ1) is 20.5. The zero-order valence-electron chi connectivity index (χ0n) is 16.9. The van der Waals surface area contributed by atoms with E-state index < -0.39 is 5.92 Å². The van der Waals surface area contributed by atoms with Crippen molar-refractivity contribution in [3.8, 4) is 17.2 Å².